The molecule has 3 aliphatic heterocycles. The smallest absolute Gasteiger partial charge is 0.313 e. The Morgan fingerprint density at radius 2 is 1.88 bits per heavy atom. The second-order valence-corrected chi connectivity index (χ2v) is 14.9. The standard InChI is InChI=1S/C37H52BrN3O7/c1-8-11-18-28(43)39-24(7)31(25-16-13-12-14-17-25)47-36(46)29-30-34(44)41(27(21-42)22(4)5)33(37(30)20-26(38)32(29)48-37)35(45)40(19-10-3)23(6)15-9-2/h8,10,12-14,16-17,22-24,26-27,29-33,42H,1,3,9,11,15,18-21H2,2,4-7H3,(H,39,43)/t23?,24-,26?,27+,29+,30-,31-,32+,33+,37-/m1/s1. The first-order valence-corrected chi connectivity index (χ1v) is 18.1. The van der Waals surface area contributed by atoms with E-state index in [4.69, 9.17) is 9.47 Å². The van der Waals surface area contributed by atoms with Crippen molar-refractivity contribution < 1.29 is 33.8 Å². The number of carbonyl (C=O) groups excluding carboxylic acids is 4. The lowest BCUT2D eigenvalue weighted by Crippen LogP contribution is -2.61. The molecule has 1 aromatic carbocycles. The normalized spacial score (nSPS) is 28.4. The van der Waals surface area contributed by atoms with E-state index in [-0.39, 0.29) is 48.2 Å². The number of carbonyl (C=O) groups is 4. The molecule has 0 saturated carbocycles. The number of esters is 1. The van der Waals surface area contributed by atoms with Gasteiger partial charge in [-0.3, -0.25) is 19.2 Å². The van der Waals surface area contributed by atoms with Crippen molar-refractivity contribution in [2.45, 2.75) is 114 Å². The lowest BCUT2D eigenvalue weighted by atomic mass is 9.70. The van der Waals surface area contributed by atoms with E-state index in [1.54, 1.807) is 24.0 Å². The summed E-state index contributed by atoms with van der Waals surface area (Å²) < 4.78 is 13.0. The van der Waals surface area contributed by atoms with E-state index in [1.165, 1.54) is 4.90 Å². The third-order valence-electron chi connectivity index (χ3n) is 10.2. The van der Waals surface area contributed by atoms with Crippen LogP contribution in [0.2, 0.25) is 0 Å². The van der Waals surface area contributed by atoms with Crippen LogP contribution in [0, 0.1) is 17.8 Å². The quantitative estimate of drug-likeness (QED) is 0.135. The van der Waals surface area contributed by atoms with Crippen molar-refractivity contribution in [1.82, 2.24) is 15.1 Å². The summed E-state index contributed by atoms with van der Waals surface area (Å²) in [5.74, 6) is -3.70. The van der Waals surface area contributed by atoms with E-state index in [2.05, 4.69) is 41.3 Å². The van der Waals surface area contributed by atoms with Gasteiger partial charge in [-0.25, -0.2) is 0 Å². The fourth-order valence-electron chi connectivity index (χ4n) is 7.89. The molecule has 48 heavy (non-hydrogen) atoms. The van der Waals surface area contributed by atoms with E-state index in [1.807, 2.05) is 51.1 Å². The molecule has 2 N–H and O–H groups in total. The first-order valence-electron chi connectivity index (χ1n) is 17.2. The number of nitrogens with one attached hydrogen (secondary N) is 1. The molecule has 3 heterocycles. The Hall–Kier alpha value is -3.02. The first-order chi connectivity index (χ1) is 22.9. The van der Waals surface area contributed by atoms with Crippen molar-refractivity contribution >= 4 is 39.6 Å². The number of fused-ring (bicyclic) bond motifs is 1. The number of aliphatic hydroxyl groups excluding tert-OH is 1. The van der Waals surface area contributed by atoms with Crippen molar-refractivity contribution in [2.75, 3.05) is 13.2 Å². The Kier molecular flexibility index (Phi) is 12.7. The van der Waals surface area contributed by atoms with Crippen LogP contribution in [0.25, 0.3) is 0 Å². The Morgan fingerprint density at radius 1 is 1.19 bits per heavy atom. The highest BCUT2D eigenvalue weighted by atomic mass is 79.9. The lowest BCUT2D eigenvalue weighted by Gasteiger charge is -2.41. The van der Waals surface area contributed by atoms with Gasteiger partial charge < -0.3 is 29.7 Å². The minimum absolute atomic E-state index is 0.131. The number of halogens is 1. The maximum absolute atomic E-state index is 14.7. The summed E-state index contributed by atoms with van der Waals surface area (Å²) in [5, 5.41) is 13.5. The molecule has 1 aromatic rings. The number of amides is 3. The molecule has 10 atom stereocenters. The number of alkyl halides is 1. The van der Waals surface area contributed by atoms with Gasteiger partial charge in [-0.05, 0) is 44.6 Å². The molecule has 1 spiro atoms. The second kappa shape index (κ2) is 16.1. The van der Waals surface area contributed by atoms with Crippen molar-refractivity contribution in [3.8, 4) is 0 Å². The summed E-state index contributed by atoms with van der Waals surface area (Å²) in [5.41, 5.74) is -0.619. The van der Waals surface area contributed by atoms with Gasteiger partial charge in [0.1, 0.15) is 17.7 Å². The van der Waals surface area contributed by atoms with Gasteiger partial charge >= 0.3 is 5.97 Å². The van der Waals surface area contributed by atoms with Gasteiger partial charge in [-0.1, -0.05) is 85.6 Å². The topological polar surface area (TPSA) is 125 Å². The lowest BCUT2D eigenvalue weighted by molar-refractivity contribution is -0.163. The number of hydrogen-bond donors (Lipinski definition) is 2. The monoisotopic (exact) mass is 729 g/mol. The van der Waals surface area contributed by atoms with E-state index in [9.17, 15) is 24.3 Å². The van der Waals surface area contributed by atoms with Crippen LogP contribution >= 0.6 is 15.9 Å². The largest absolute Gasteiger partial charge is 0.455 e. The molecule has 4 rings (SSSR count). The number of aliphatic hydroxyl groups is 1. The zero-order valence-corrected chi connectivity index (χ0v) is 30.4. The van der Waals surface area contributed by atoms with Crippen LogP contribution < -0.4 is 5.32 Å². The summed E-state index contributed by atoms with van der Waals surface area (Å²) in [6.07, 6.45) is 4.49. The maximum Gasteiger partial charge on any atom is 0.313 e. The molecule has 3 amide bonds. The number of likely N-dealkylation sites (tertiary alicyclic amines) is 1. The number of allylic oxidation sites excluding steroid dienone is 1. The van der Waals surface area contributed by atoms with Crippen LogP contribution in [-0.4, -0.2) is 92.4 Å². The summed E-state index contributed by atoms with van der Waals surface area (Å²) in [7, 11) is 0. The van der Waals surface area contributed by atoms with Crippen LogP contribution in [0.3, 0.4) is 0 Å². The fraction of sp³-hybridized carbons (Fsp3) is 0.622. The Morgan fingerprint density at radius 3 is 2.46 bits per heavy atom. The van der Waals surface area contributed by atoms with Crippen molar-refractivity contribution in [1.29, 1.82) is 0 Å². The molecule has 3 fully saturated rings. The number of ether oxygens (including phenoxy) is 2. The van der Waals surface area contributed by atoms with Gasteiger partial charge in [0.25, 0.3) is 0 Å². The number of rotatable bonds is 17. The van der Waals surface area contributed by atoms with Gasteiger partial charge in [0.2, 0.25) is 17.7 Å². The molecular weight excluding hydrogens is 678 g/mol. The van der Waals surface area contributed by atoms with Gasteiger partial charge in [0, 0.05) is 23.8 Å². The summed E-state index contributed by atoms with van der Waals surface area (Å²) >= 11 is 3.74. The molecule has 264 valence electrons. The molecule has 0 radical (unpaired) electrons. The van der Waals surface area contributed by atoms with E-state index in [0.29, 0.717) is 18.4 Å². The molecule has 10 nitrogen and oxygen atoms in total. The number of hydrogen-bond acceptors (Lipinski definition) is 7. The molecule has 0 aromatic heterocycles. The first kappa shape index (κ1) is 37.8. The number of nitrogens with zero attached hydrogens (tertiary/aromatic N) is 2. The Bertz CT molecular complexity index is 1340. The van der Waals surface area contributed by atoms with Crippen molar-refractivity contribution in [3.05, 3.63) is 61.2 Å². The molecule has 3 aliphatic rings. The Balaban J connectivity index is 1.75. The minimum Gasteiger partial charge on any atom is -0.455 e. The van der Waals surface area contributed by atoms with E-state index >= 15 is 0 Å². The minimum atomic E-state index is -1.31. The molecular formula is C37H52BrN3O7. The highest BCUT2D eigenvalue weighted by Gasteiger charge is 2.77. The predicted molar refractivity (Wildman–Crippen MR) is 187 cm³/mol. The molecule has 0 aliphatic carbocycles. The third kappa shape index (κ3) is 7.14. The predicted octanol–water partition coefficient (Wildman–Crippen LogP) is 4.71. The van der Waals surface area contributed by atoms with Gasteiger partial charge in [-0.15, -0.1) is 13.2 Å². The average molecular weight is 731 g/mol. The molecule has 2 bridgehead atoms. The second-order valence-electron chi connectivity index (χ2n) is 13.8. The van der Waals surface area contributed by atoms with E-state index < -0.39 is 59.6 Å². The van der Waals surface area contributed by atoms with Crippen molar-refractivity contribution in [2.24, 2.45) is 17.8 Å². The van der Waals surface area contributed by atoms with E-state index in [0.717, 1.165) is 12.8 Å². The summed E-state index contributed by atoms with van der Waals surface area (Å²) in [6, 6.07) is 6.73. The van der Waals surface area contributed by atoms with Crippen molar-refractivity contribution in [3.63, 3.8) is 0 Å². The maximum atomic E-state index is 14.7. The van der Waals surface area contributed by atoms with Gasteiger partial charge in [0.05, 0.1) is 36.6 Å². The van der Waals surface area contributed by atoms with Crippen LogP contribution in [0.5, 0.6) is 0 Å². The molecule has 3 saturated heterocycles. The third-order valence-corrected chi connectivity index (χ3v) is 11.0. The highest BCUT2D eigenvalue weighted by molar-refractivity contribution is 9.09. The SMILES string of the molecule is C=CCCC(=O)N[C@H](C)[C@@H](OC(=O)[C@@H]1[C@H]2O[C@@]3(CC2Br)[C@H](C(=O)N(CC=C)C(C)CCC)N([C@@H](CO)C(C)C)C(=O)[C@@H]13)c1ccccc1. The zero-order valence-electron chi connectivity index (χ0n) is 28.8. The van der Waals surface area contributed by atoms with Crippen LogP contribution in [-0.2, 0) is 28.7 Å². The highest BCUT2D eigenvalue weighted by Crippen LogP contribution is 2.61. The van der Waals surface area contributed by atoms with Crippen LogP contribution in [0.15, 0.2) is 55.6 Å². The van der Waals surface area contributed by atoms with Gasteiger partial charge in [-0.2, -0.15) is 0 Å². The van der Waals surface area contributed by atoms with Crippen LogP contribution in [0.4, 0.5) is 0 Å². The average Bonchev–Trinajstić information content (AvgIpc) is 3.65. The summed E-state index contributed by atoms with van der Waals surface area (Å²) in [4.78, 5) is 59.4. The fourth-order valence-corrected chi connectivity index (χ4v) is 8.83. The summed E-state index contributed by atoms with van der Waals surface area (Å²) in [6.45, 7) is 17.1. The molecule has 2 unspecified atom stereocenters. The zero-order chi connectivity index (χ0) is 35.3. The number of benzene rings is 1. The molecule has 11 heteroatoms. The van der Waals surface area contributed by atoms with Crippen LogP contribution in [0.1, 0.15) is 78.4 Å². The van der Waals surface area contributed by atoms with Gasteiger partial charge in [0.15, 0.2) is 0 Å². The Labute approximate surface area is 293 Å².